The van der Waals surface area contributed by atoms with E-state index < -0.39 is 0 Å². The van der Waals surface area contributed by atoms with E-state index in [0.29, 0.717) is 22.8 Å². The lowest BCUT2D eigenvalue weighted by Gasteiger charge is -2.26. The average Bonchev–Trinajstić information content (AvgIpc) is 2.67. The van der Waals surface area contributed by atoms with Crippen molar-refractivity contribution in [3.8, 4) is 0 Å². The fourth-order valence-corrected chi connectivity index (χ4v) is 3.27. The van der Waals surface area contributed by atoms with Crippen LogP contribution in [0.25, 0.3) is 0 Å². The minimum atomic E-state index is 0.511. The normalized spacial score (nSPS) is 20.5. The van der Waals surface area contributed by atoms with Gasteiger partial charge in [-0.1, -0.05) is 25.3 Å². The lowest BCUT2D eigenvalue weighted by Crippen LogP contribution is -2.32. The summed E-state index contributed by atoms with van der Waals surface area (Å²) in [7, 11) is 0. The van der Waals surface area contributed by atoms with Crippen LogP contribution in [0.4, 0.5) is 0 Å². The Labute approximate surface area is 151 Å². The number of aromatic nitrogens is 1. The first-order valence-electron chi connectivity index (χ1n) is 8.36. The Hall–Kier alpha value is -1.95. The molecule has 3 rings (SSSR count). The molecule has 1 aromatic rings. The van der Waals surface area contributed by atoms with Gasteiger partial charge in [0.05, 0.1) is 4.48 Å². The number of hydrogen-bond donors (Lipinski definition) is 3. The van der Waals surface area contributed by atoms with Gasteiger partial charge in [-0.2, -0.15) is 0 Å². The van der Waals surface area contributed by atoms with Gasteiger partial charge in [-0.15, -0.1) is 0 Å². The molecular formula is C18H22BrN5. The topological polar surface area (TPSA) is 73.2 Å². The molecule has 1 aliphatic heterocycles. The Bertz CT molecular complexity index is 672. The highest BCUT2D eigenvalue weighted by molar-refractivity contribution is 9.12. The van der Waals surface area contributed by atoms with E-state index in [1.807, 2.05) is 18.3 Å². The highest BCUT2D eigenvalue weighted by atomic mass is 79.9. The highest BCUT2D eigenvalue weighted by Crippen LogP contribution is 2.28. The van der Waals surface area contributed by atoms with Crippen molar-refractivity contribution in [2.24, 2.45) is 10.9 Å². The number of nitrogens with one attached hydrogen (secondary N) is 3. The highest BCUT2D eigenvalue weighted by Gasteiger charge is 2.22. The Morgan fingerprint density at radius 3 is 2.92 bits per heavy atom. The summed E-state index contributed by atoms with van der Waals surface area (Å²) in [4.78, 5) is 8.88. The fraction of sp³-hybridized carbons (Fsp3) is 0.389. The molecule has 0 radical (unpaired) electrons. The first-order valence-corrected chi connectivity index (χ1v) is 9.16. The molecule has 0 atom stereocenters. The van der Waals surface area contributed by atoms with Gasteiger partial charge in [-0.05, 0) is 40.4 Å². The summed E-state index contributed by atoms with van der Waals surface area (Å²) in [6, 6.07) is 3.98. The molecular weight excluding hydrogens is 366 g/mol. The fourth-order valence-electron chi connectivity index (χ4n) is 3.09. The van der Waals surface area contributed by atoms with Crippen LogP contribution in [0.15, 0.2) is 51.7 Å². The quantitative estimate of drug-likeness (QED) is 0.671. The summed E-state index contributed by atoms with van der Waals surface area (Å²) >= 11 is 3.42. The standard InChI is InChI=1S/C18H22BrN5/c19-15(10-20)18-23-16(14-6-2-1-3-7-14)9-17(24-18)22-12-13-5-4-8-21-11-13/h4-5,8-11,14,20,22,24H,1-3,6-7,12H2/b18-15+,20-10?. The maximum absolute atomic E-state index is 7.47. The van der Waals surface area contributed by atoms with Crippen LogP contribution in [0.2, 0.25) is 0 Å². The molecule has 2 heterocycles. The summed E-state index contributed by atoms with van der Waals surface area (Å²) < 4.78 is 0.657. The second-order valence-corrected chi connectivity index (χ2v) is 6.96. The molecule has 0 amide bonds. The molecule has 24 heavy (non-hydrogen) atoms. The average molecular weight is 388 g/mol. The van der Waals surface area contributed by atoms with Crippen molar-refractivity contribution in [3.05, 3.63) is 52.3 Å². The van der Waals surface area contributed by atoms with E-state index in [9.17, 15) is 0 Å². The zero-order valence-corrected chi connectivity index (χ0v) is 15.1. The van der Waals surface area contributed by atoms with Crippen LogP contribution < -0.4 is 10.6 Å². The van der Waals surface area contributed by atoms with Crippen molar-refractivity contribution in [1.29, 1.82) is 5.41 Å². The van der Waals surface area contributed by atoms with Gasteiger partial charge in [0, 0.05) is 42.9 Å². The summed E-state index contributed by atoms with van der Waals surface area (Å²) in [5.74, 6) is 2.13. The Morgan fingerprint density at radius 1 is 1.38 bits per heavy atom. The largest absolute Gasteiger partial charge is 0.367 e. The second kappa shape index (κ2) is 8.24. The Kier molecular flexibility index (Phi) is 5.80. The smallest absolute Gasteiger partial charge is 0.147 e. The number of pyridine rings is 1. The van der Waals surface area contributed by atoms with Gasteiger partial charge in [0.1, 0.15) is 11.6 Å². The van der Waals surface area contributed by atoms with Crippen molar-refractivity contribution in [2.75, 3.05) is 0 Å². The Balaban J connectivity index is 1.78. The molecule has 1 aromatic heterocycles. The van der Waals surface area contributed by atoms with Gasteiger partial charge in [0.25, 0.3) is 0 Å². The zero-order chi connectivity index (χ0) is 16.8. The van der Waals surface area contributed by atoms with Gasteiger partial charge < -0.3 is 16.0 Å². The van der Waals surface area contributed by atoms with E-state index in [2.05, 4.69) is 37.6 Å². The zero-order valence-electron chi connectivity index (χ0n) is 13.6. The predicted octanol–water partition coefficient (Wildman–Crippen LogP) is 3.85. The van der Waals surface area contributed by atoms with E-state index in [1.165, 1.54) is 38.3 Å². The molecule has 5 nitrogen and oxygen atoms in total. The first kappa shape index (κ1) is 16.9. The van der Waals surface area contributed by atoms with Crippen LogP contribution in [-0.4, -0.2) is 16.9 Å². The van der Waals surface area contributed by atoms with E-state index in [1.54, 1.807) is 6.20 Å². The number of allylic oxidation sites excluding steroid dienone is 2. The summed E-state index contributed by atoms with van der Waals surface area (Å²) in [6.45, 7) is 0.695. The third kappa shape index (κ3) is 4.32. The lowest BCUT2D eigenvalue weighted by molar-refractivity contribution is 0.439. The molecule has 6 heteroatoms. The number of hydrogen-bond acceptors (Lipinski definition) is 5. The molecule has 1 aliphatic carbocycles. The lowest BCUT2D eigenvalue weighted by atomic mass is 9.85. The summed E-state index contributed by atoms with van der Waals surface area (Å²) in [6.07, 6.45) is 13.3. The van der Waals surface area contributed by atoms with Crippen LogP contribution in [0, 0.1) is 11.3 Å². The minimum absolute atomic E-state index is 0.511. The maximum atomic E-state index is 7.47. The number of rotatable bonds is 5. The van der Waals surface area contributed by atoms with Gasteiger partial charge in [0.2, 0.25) is 0 Å². The molecule has 0 bridgehead atoms. The van der Waals surface area contributed by atoms with Gasteiger partial charge in [-0.3, -0.25) is 4.98 Å². The maximum Gasteiger partial charge on any atom is 0.147 e. The third-order valence-electron chi connectivity index (χ3n) is 4.37. The van der Waals surface area contributed by atoms with Crippen LogP contribution in [0.1, 0.15) is 37.7 Å². The van der Waals surface area contributed by atoms with Crippen LogP contribution in [0.3, 0.4) is 0 Å². The molecule has 0 unspecified atom stereocenters. The van der Waals surface area contributed by atoms with Gasteiger partial charge in [-0.25, -0.2) is 4.99 Å². The molecule has 3 N–H and O–H groups in total. The molecule has 0 aromatic carbocycles. The van der Waals surface area contributed by atoms with Crippen molar-refractivity contribution in [3.63, 3.8) is 0 Å². The number of nitrogens with zero attached hydrogens (tertiary/aromatic N) is 2. The molecule has 0 saturated heterocycles. The molecule has 0 spiro atoms. The van der Waals surface area contributed by atoms with E-state index >= 15 is 0 Å². The molecule has 1 saturated carbocycles. The predicted molar refractivity (Wildman–Crippen MR) is 101 cm³/mol. The monoisotopic (exact) mass is 387 g/mol. The minimum Gasteiger partial charge on any atom is -0.367 e. The van der Waals surface area contributed by atoms with Crippen molar-refractivity contribution < 1.29 is 0 Å². The second-order valence-electron chi connectivity index (χ2n) is 6.11. The van der Waals surface area contributed by atoms with Crippen LogP contribution in [0.5, 0.6) is 0 Å². The van der Waals surface area contributed by atoms with Crippen molar-refractivity contribution in [1.82, 2.24) is 15.6 Å². The molecule has 1 fully saturated rings. The van der Waals surface area contributed by atoms with Crippen molar-refractivity contribution >= 4 is 27.9 Å². The van der Waals surface area contributed by atoms with Crippen LogP contribution >= 0.6 is 15.9 Å². The van der Waals surface area contributed by atoms with Crippen LogP contribution in [-0.2, 0) is 6.54 Å². The summed E-state index contributed by atoms with van der Waals surface area (Å²) in [5.41, 5.74) is 2.23. The van der Waals surface area contributed by atoms with Gasteiger partial charge >= 0.3 is 0 Å². The number of halogens is 1. The molecule has 2 aliphatic rings. The summed E-state index contributed by atoms with van der Waals surface area (Å²) in [5, 5.41) is 14.2. The van der Waals surface area contributed by atoms with E-state index in [0.717, 1.165) is 17.1 Å². The van der Waals surface area contributed by atoms with Crippen molar-refractivity contribution in [2.45, 2.75) is 38.6 Å². The molecule has 126 valence electrons. The van der Waals surface area contributed by atoms with E-state index in [-0.39, 0.29) is 0 Å². The SMILES string of the molecule is N=C/C(Br)=C1/N=C(C2CCCCC2)C=C(NCc2cccnc2)N1. The third-order valence-corrected chi connectivity index (χ3v) is 4.97. The van der Waals surface area contributed by atoms with E-state index in [4.69, 9.17) is 10.4 Å². The first-order chi connectivity index (χ1) is 11.8. The van der Waals surface area contributed by atoms with Gasteiger partial charge in [0.15, 0.2) is 0 Å². The Morgan fingerprint density at radius 2 is 2.21 bits per heavy atom. The number of aliphatic imine (C=N–C) groups is 1.